The molecule has 0 fully saturated rings. The van der Waals surface area contributed by atoms with Crippen molar-refractivity contribution >= 4 is 46.0 Å². The number of nitrogens with two attached hydrogens (primary N) is 1. The molecule has 1 atom stereocenters. The SMILES string of the molecule is C[C@@]1(c2ccc(CCC(=O)O)cc2)C(=O)Nc2nc(-c3nn(CCCC(F)(F)F)c4cc(Cl)ccc34)nc(N)c21. The summed E-state index contributed by atoms with van der Waals surface area (Å²) in [6, 6.07) is 12.0. The number of benzene rings is 2. The topological polar surface area (TPSA) is 136 Å². The van der Waals surface area contributed by atoms with Crippen LogP contribution in [0.4, 0.5) is 24.8 Å². The van der Waals surface area contributed by atoms with Crippen molar-refractivity contribution in [3.63, 3.8) is 0 Å². The van der Waals surface area contributed by atoms with Crippen LogP contribution < -0.4 is 11.1 Å². The molecular weight excluding hydrogens is 549 g/mol. The first-order valence-electron chi connectivity index (χ1n) is 12.4. The predicted molar refractivity (Wildman–Crippen MR) is 143 cm³/mol. The third-order valence-corrected chi connectivity index (χ3v) is 7.27. The van der Waals surface area contributed by atoms with E-state index in [4.69, 9.17) is 22.4 Å². The number of carboxylic acid groups (broad SMARTS) is 1. The number of alkyl halides is 3. The van der Waals surface area contributed by atoms with Crippen LogP contribution in [0, 0.1) is 0 Å². The lowest BCUT2D eigenvalue weighted by Gasteiger charge is -2.23. The normalized spacial score (nSPS) is 16.8. The van der Waals surface area contributed by atoms with E-state index in [0.717, 1.165) is 5.56 Å². The summed E-state index contributed by atoms with van der Waals surface area (Å²) in [6.45, 7) is 1.70. The number of nitrogen functional groups attached to an aromatic ring is 1. The summed E-state index contributed by atoms with van der Waals surface area (Å²) >= 11 is 6.16. The second-order valence-corrected chi connectivity index (χ2v) is 10.2. The summed E-state index contributed by atoms with van der Waals surface area (Å²) in [4.78, 5) is 33.2. The highest BCUT2D eigenvalue weighted by Crippen LogP contribution is 2.45. The number of nitrogens with one attached hydrogen (secondary N) is 1. The number of aliphatic carboxylic acids is 1. The van der Waals surface area contributed by atoms with E-state index in [1.807, 2.05) is 0 Å². The Bertz CT molecular complexity index is 1640. The summed E-state index contributed by atoms with van der Waals surface area (Å²) in [6.07, 6.45) is -5.08. The van der Waals surface area contributed by atoms with Crippen molar-refractivity contribution in [2.45, 2.75) is 50.7 Å². The summed E-state index contributed by atoms with van der Waals surface area (Å²) < 4.78 is 39.6. The van der Waals surface area contributed by atoms with Gasteiger partial charge < -0.3 is 16.2 Å². The van der Waals surface area contributed by atoms with Gasteiger partial charge in [-0.05, 0) is 49.1 Å². The van der Waals surface area contributed by atoms with Crippen LogP contribution in [0.2, 0.25) is 5.02 Å². The lowest BCUT2D eigenvalue weighted by Crippen LogP contribution is -2.33. The molecule has 9 nitrogen and oxygen atoms in total. The standard InChI is InChI=1S/C27H24ClF3N6O3/c1-26(15-6-3-14(4-7-15)5-10-19(38)39)20-22(32)33-24(34-23(20)35-25(26)40)21-17-9-8-16(28)13-18(17)37(36-21)12-2-11-27(29,30)31/h3-4,6-9,13H,2,5,10-12H2,1H3,(H,38,39)(H3,32,33,34,35,40)/t26-/m0/s1. The van der Waals surface area contributed by atoms with Gasteiger partial charge in [0.2, 0.25) is 5.91 Å². The van der Waals surface area contributed by atoms with Gasteiger partial charge in [-0.3, -0.25) is 14.3 Å². The largest absolute Gasteiger partial charge is 0.481 e. The molecule has 3 heterocycles. The maximum Gasteiger partial charge on any atom is 0.389 e. The zero-order chi connectivity index (χ0) is 28.8. The first-order chi connectivity index (χ1) is 18.9. The number of nitrogens with zero attached hydrogens (tertiary/aromatic N) is 4. The zero-order valence-electron chi connectivity index (χ0n) is 21.2. The Morgan fingerprint density at radius 1 is 1.18 bits per heavy atom. The molecule has 0 unspecified atom stereocenters. The monoisotopic (exact) mass is 572 g/mol. The van der Waals surface area contributed by atoms with E-state index in [1.54, 1.807) is 49.4 Å². The molecule has 1 aliphatic heterocycles. The number of rotatable bonds is 8. The molecule has 0 spiro atoms. The number of aryl methyl sites for hydroxylation is 2. The minimum atomic E-state index is -4.29. The van der Waals surface area contributed by atoms with Gasteiger partial charge in [-0.2, -0.15) is 18.3 Å². The second kappa shape index (κ2) is 10.1. The fraction of sp³-hybridized carbons (Fsp3) is 0.296. The summed E-state index contributed by atoms with van der Waals surface area (Å²) in [7, 11) is 0. The molecular formula is C27H24ClF3N6O3. The maximum atomic E-state index is 13.3. The van der Waals surface area contributed by atoms with Crippen molar-refractivity contribution in [1.82, 2.24) is 19.7 Å². The first-order valence-corrected chi connectivity index (χ1v) is 12.8. The maximum absolute atomic E-state index is 13.3. The van der Waals surface area contributed by atoms with E-state index in [2.05, 4.69) is 20.4 Å². The molecule has 0 radical (unpaired) electrons. The zero-order valence-corrected chi connectivity index (χ0v) is 22.0. The van der Waals surface area contributed by atoms with Gasteiger partial charge in [-0.25, -0.2) is 9.97 Å². The number of carboxylic acids is 1. The lowest BCUT2D eigenvalue weighted by molar-refractivity contribution is -0.137. The fourth-order valence-corrected chi connectivity index (χ4v) is 5.12. The van der Waals surface area contributed by atoms with Crippen LogP contribution in [0.5, 0.6) is 0 Å². The van der Waals surface area contributed by atoms with Gasteiger partial charge in [0.15, 0.2) is 5.82 Å². The molecule has 0 aliphatic carbocycles. The Kier molecular flexibility index (Phi) is 6.90. The number of halogens is 4. The summed E-state index contributed by atoms with van der Waals surface area (Å²) in [5.74, 6) is -0.911. The van der Waals surface area contributed by atoms with E-state index in [-0.39, 0.29) is 42.8 Å². The van der Waals surface area contributed by atoms with E-state index in [1.165, 1.54) is 4.68 Å². The van der Waals surface area contributed by atoms with Crippen LogP contribution in [0.1, 0.15) is 42.9 Å². The molecule has 0 saturated carbocycles. The number of amides is 1. The van der Waals surface area contributed by atoms with Gasteiger partial charge in [0.25, 0.3) is 0 Å². The molecule has 1 aliphatic rings. The van der Waals surface area contributed by atoms with Crippen molar-refractivity contribution in [2.75, 3.05) is 11.1 Å². The number of carbonyl (C=O) groups is 2. The van der Waals surface area contributed by atoms with Crippen LogP contribution in [0.3, 0.4) is 0 Å². The predicted octanol–water partition coefficient (Wildman–Crippen LogP) is 5.35. The van der Waals surface area contributed by atoms with Crippen molar-refractivity contribution in [3.05, 3.63) is 64.2 Å². The van der Waals surface area contributed by atoms with E-state index in [9.17, 15) is 22.8 Å². The molecule has 4 N–H and O–H groups in total. The van der Waals surface area contributed by atoms with Crippen LogP contribution in [-0.2, 0) is 28.0 Å². The second-order valence-electron chi connectivity index (χ2n) is 9.78. The third kappa shape index (κ3) is 5.06. The van der Waals surface area contributed by atoms with Crippen molar-refractivity contribution in [2.24, 2.45) is 0 Å². The number of carbonyl (C=O) groups excluding carboxylic acids is 1. The Morgan fingerprint density at radius 3 is 2.58 bits per heavy atom. The van der Waals surface area contributed by atoms with Crippen molar-refractivity contribution < 1.29 is 27.9 Å². The molecule has 0 bridgehead atoms. The Labute approximate surface area is 231 Å². The Hall–Kier alpha value is -4.19. The minimum Gasteiger partial charge on any atom is -0.481 e. The molecule has 4 aromatic rings. The van der Waals surface area contributed by atoms with Gasteiger partial charge in [-0.15, -0.1) is 0 Å². The number of anilines is 2. The van der Waals surface area contributed by atoms with Crippen LogP contribution in [0.25, 0.3) is 22.4 Å². The number of aromatic nitrogens is 4. The Balaban J connectivity index is 1.52. The first kappa shape index (κ1) is 27.4. The number of fused-ring (bicyclic) bond motifs is 2. The lowest BCUT2D eigenvalue weighted by atomic mass is 9.77. The molecule has 1 amide bonds. The van der Waals surface area contributed by atoms with E-state index < -0.39 is 24.0 Å². The molecule has 0 saturated heterocycles. The van der Waals surface area contributed by atoms with Gasteiger partial charge in [-0.1, -0.05) is 35.9 Å². The van der Waals surface area contributed by atoms with Crippen LogP contribution in [-0.4, -0.2) is 42.9 Å². The smallest absolute Gasteiger partial charge is 0.389 e. The van der Waals surface area contributed by atoms with E-state index in [0.29, 0.717) is 39.2 Å². The average molecular weight is 573 g/mol. The third-order valence-electron chi connectivity index (χ3n) is 7.04. The Morgan fingerprint density at radius 2 is 1.90 bits per heavy atom. The fourth-order valence-electron chi connectivity index (χ4n) is 4.96. The average Bonchev–Trinajstić information content (AvgIpc) is 3.36. The molecule has 2 aromatic carbocycles. The van der Waals surface area contributed by atoms with Crippen molar-refractivity contribution in [1.29, 1.82) is 0 Å². The molecule has 5 rings (SSSR count). The van der Waals surface area contributed by atoms with Gasteiger partial charge in [0, 0.05) is 29.8 Å². The summed E-state index contributed by atoms with van der Waals surface area (Å²) in [5, 5.41) is 17.2. The van der Waals surface area contributed by atoms with Crippen LogP contribution >= 0.6 is 11.6 Å². The van der Waals surface area contributed by atoms with E-state index >= 15 is 0 Å². The molecule has 13 heteroatoms. The molecule has 40 heavy (non-hydrogen) atoms. The molecule has 208 valence electrons. The van der Waals surface area contributed by atoms with Crippen molar-refractivity contribution in [3.8, 4) is 11.5 Å². The highest BCUT2D eigenvalue weighted by Gasteiger charge is 2.47. The number of hydrogen-bond acceptors (Lipinski definition) is 6. The van der Waals surface area contributed by atoms with Gasteiger partial charge in [0.05, 0.1) is 11.1 Å². The molecule has 2 aromatic heterocycles. The van der Waals surface area contributed by atoms with Gasteiger partial charge >= 0.3 is 12.1 Å². The quantitative estimate of drug-likeness (QED) is 0.259. The van der Waals surface area contributed by atoms with Gasteiger partial charge in [0.1, 0.15) is 22.7 Å². The minimum absolute atomic E-state index is 0.00591. The van der Waals surface area contributed by atoms with Crippen LogP contribution in [0.15, 0.2) is 42.5 Å². The summed E-state index contributed by atoms with van der Waals surface area (Å²) in [5.41, 5.74) is 7.83. The highest BCUT2D eigenvalue weighted by molar-refractivity contribution is 6.31. The highest BCUT2D eigenvalue weighted by atomic mass is 35.5. The number of hydrogen-bond donors (Lipinski definition) is 3.